The lowest BCUT2D eigenvalue weighted by molar-refractivity contribution is 0.418. The lowest BCUT2D eigenvalue weighted by Gasteiger charge is -2.22. The van der Waals surface area contributed by atoms with Crippen molar-refractivity contribution >= 4 is 22.2 Å². The van der Waals surface area contributed by atoms with Gasteiger partial charge in [0.25, 0.3) is 0 Å². The van der Waals surface area contributed by atoms with E-state index in [-0.39, 0.29) is 23.7 Å². The Hall–Kier alpha value is -0.0600. The van der Waals surface area contributed by atoms with Gasteiger partial charge in [-0.1, -0.05) is 6.08 Å². The van der Waals surface area contributed by atoms with Crippen molar-refractivity contribution in [1.29, 1.82) is 0 Å². The molecule has 1 unspecified atom stereocenters. The zero-order valence-corrected chi connectivity index (χ0v) is 9.38. The van der Waals surface area contributed by atoms with Crippen LogP contribution in [0.4, 0.5) is 0 Å². The summed E-state index contributed by atoms with van der Waals surface area (Å²) in [4.78, 5) is 0. The van der Waals surface area contributed by atoms with Crippen LogP contribution in [0.25, 0.3) is 0 Å². The van der Waals surface area contributed by atoms with E-state index < -0.39 is 9.84 Å². The predicted molar refractivity (Wildman–Crippen MR) is 57.1 cm³/mol. The Labute approximate surface area is 85.9 Å². The first-order valence-corrected chi connectivity index (χ1v) is 5.86. The largest absolute Gasteiger partial charge is 0.307 e. The maximum atomic E-state index is 11.1. The average Bonchev–Trinajstić information content (AvgIpc) is 2.23. The van der Waals surface area contributed by atoms with Gasteiger partial charge in [0.2, 0.25) is 0 Å². The van der Waals surface area contributed by atoms with E-state index in [0.29, 0.717) is 18.7 Å². The monoisotopic (exact) mass is 225 g/mol. The molecule has 1 saturated heterocycles. The first-order chi connectivity index (χ1) is 5.47. The van der Waals surface area contributed by atoms with Crippen LogP contribution < -0.4 is 5.32 Å². The van der Waals surface area contributed by atoms with Crippen LogP contribution in [0.3, 0.4) is 0 Å². The van der Waals surface area contributed by atoms with E-state index in [1.54, 1.807) is 6.08 Å². The fourth-order valence-corrected chi connectivity index (χ4v) is 3.59. The van der Waals surface area contributed by atoms with Crippen molar-refractivity contribution in [3.05, 3.63) is 12.7 Å². The van der Waals surface area contributed by atoms with Crippen molar-refractivity contribution in [3.8, 4) is 0 Å². The summed E-state index contributed by atoms with van der Waals surface area (Å²) in [6, 6.07) is 0. The maximum Gasteiger partial charge on any atom is 0.152 e. The molecular formula is C8H16ClNO2S. The van der Waals surface area contributed by atoms with E-state index in [1.807, 2.05) is 6.92 Å². The highest BCUT2D eigenvalue weighted by molar-refractivity contribution is 7.91. The Kier molecular flexibility index (Phi) is 4.42. The van der Waals surface area contributed by atoms with Gasteiger partial charge in [0.15, 0.2) is 9.84 Å². The predicted octanol–water partition coefficient (Wildman–Crippen LogP) is 0.761. The molecule has 1 aliphatic heterocycles. The van der Waals surface area contributed by atoms with E-state index in [0.717, 1.165) is 0 Å². The van der Waals surface area contributed by atoms with Gasteiger partial charge < -0.3 is 5.32 Å². The molecule has 1 N–H and O–H groups in total. The van der Waals surface area contributed by atoms with E-state index in [2.05, 4.69) is 11.9 Å². The maximum absolute atomic E-state index is 11.1. The minimum atomic E-state index is -2.78. The molecule has 0 bridgehead atoms. The van der Waals surface area contributed by atoms with Gasteiger partial charge in [-0.15, -0.1) is 19.0 Å². The lowest BCUT2D eigenvalue weighted by atomic mass is 10.0. The molecule has 0 aromatic rings. The third-order valence-corrected chi connectivity index (χ3v) is 4.08. The van der Waals surface area contributed by atoms with Crippen molar-refractivity contribution < 1.29 is 8.42 Å². The van der Waals surface area contributed by atoms with Crippen LogP contribution in [0.2, 0.25) is 0 Å². The Balaban J connectivity index is 0.00000144. The van der Waals surface area contributed by atoms with E-state index in [4.69, 9.17) is 0 Å². The van der Waals surface area contributed by atoms with Crippen LogP contribution in [-0.4, -0.2) is 32.0 Å². The van der Waals surface area contributed by atoms with Gasteiger partial charge in [0.1, 0.15) is 0 Å². The van der Waals surface area contributed by atoms with Gasteiger partial charge in [-0.05, 0) is 13.3 Å². The quantitative estimate of drug-likeness (QED) is 0.722. The number of nitrogens with one attached hydrogen (secondary N) is 1. The van der Waals surface area contributed by atoms with Crippen LogP contribution in [-0.2, 0) is 9.84 Å². The molecule has 3 nitrogen and oxygen atoms in total. The lowest BCUT2D eigenvalue weighted by Crippen LogP contribution is -2.43. The number of rotatable bonds is 3. The zero-order valence-electron chi connectivity index (χ0n) is 7.75. The smallest absolute Gasteiger partial charge is 0.152 e. The van der Waals surface area contributed by atoms with Crippen molar-refractivity contribution in [2.24, 2.45) is 0 Å². The molecule has 0 spiro atoms. The summed E-state index contributed by atoms with van der Waals surface area (Å²) in [6.07, 6.45) is 2.46. The average molecular weight is 226 g/mol. The van der Waals surface area contributed by atoms with E-state index >= 15 is 0 Å². The Bertz CT molecular complexity index is 276. The number of halogens is 1. The van der Waals surface area contributed by atoms with Crippen molar-refractivity contribution in [3.63, 3.8) is 0 Å². The van der Waals surface area contributed by atoms with Crippen molar-refractivity contribution in [2.75, 3.05) is 18.1 Å². The van der Waals surface area contributed by atoms with Gasteiger partial charge >= 0.3 is 0 Å². The van der Waals surface area contributed by atoms with E-state index in [9.17, 15) is 8.42 Å². The molecule has 1 aliphatic rings. The Morgan fingerprint density at radius 1 is 1.62 bits per heavy atom. The molecule has 0 aromatic heterocycles. The normalized spacial score (nSPS) is 30.8. The second-order valence-corrected chi connectivity index (χ2v) is 5.76. The highest BCUT2D eigenvalue weighted by Gasteiger charge is 2.37. The second kappa shape index (κ2) is 4.44. The molecule has 1 fully saturated rings. The molecule has 0 radical (unpaired) electrons. The van der Waals surface area contributed by atoms with Crippen LogP contribution in [0.5, 0.6) is 0 Å². The summed E-state index contributed by atoms with van der Waals surface area (Å²) < 4.78 is 22.3. The molecule has 78 valence electrons. The summed E-state index contributed by atoms with van der Waals surface area (Å²) in [7, 11) is -2.78. The van der Waals surface area contributed by atoms with Gasteiger partial charge in [-0.25, -0.2) is 8.42 Å². The standard InChI is InChI=1S/C8H15NO2S.ClH/c1-3-5-9-8(2)4-6-12(10,11)7-8;/h3,9H,1,4-7H2,2H3;1H. The molecule has 1 heterocycles. The molecule has 0 aromatic carbocycles. The minimum Gasteiger partial charge on any atom is -0.307 e. The molecule has 0 saturated carbocycles. The first-order valence-electron chi connectivity index (χ1n) is 4.04. The van der Waals surface area contributed by atoms with Crippen molar-refractivity contribution in [1.82, 2.24) is 5.32 Å². The highest BCUT2D eigenvalue weighted by atomic mass is 35.5. The Morgan fingerprint density at radius 2 is 2.23 bits per heavy atom. The summed E-state index contributed by atoms with van der Waals surface area (Å²) in [5, 5.41) is 3.17. The molecule has 0 amide bonds. The Morgan fingerprint density at radius 3 is 2.62 bits per heavy atom. The molecule has 0 aliphatic carbocycles. The summed E-state index contributed by atoms with van der Waals surface area (Å²) in [5.74, 6) is 0.571. The number of hydrogen-bond acceptors (Lipinski definition) is 3. The molecule has 1 atom stereocenters. The third kappa shape index (κ3) is 3.67. The van der Waals surface area contributed by atoms with Gasteiger partial charge in [-0.2, -0.15) is 0 Å². The highest BCUT2D eigenvalue weighted by Crippen LogP contribution is 2.22. The molecule has 5 heteroatoms. The van der Waals surface area contributed by atoms with Crippen molar-refractivity contribution in [2.45, 2.75) is 18.9 Å². The van der Waals surface area contributed by atoms with Crippen LogP contribution >= 0.6 is 12.4 Å². The summed E-state index contributed by atoms with van der Waals surface area (Å²) in [6.45, 7) is 6.20. The topological polar surface area (TPSA) is 46.2 Å². The SMILES string of the molecule is C=CCNC1(C)CCS(=O)(=O)C1.Cl. The fraction of sp³-hybridized carbons (Fsp3) is 0.750. The van der Waals surface area contributed by atoms with Crippen LogP contribution in [0, 0.1) is 0 Å². The number of sulfone groups is 1. The van der Waals surface area contributed by atoms with Crippen LogP contribution in [0.15, 0.2) is 12.7 Å². The van der Waals surface area contributed by atoms with Gasteiger partial charge in [-0.3, -0.25) is 0 Å². The van der Waals surface area contributed by atoms with Crippen LogP contribution in [0.1, 0.15) is 13.3 Å². The summed E-state index contributed by atoms with van der Waals surface area (Å²) >= 11 is 0. The van der Waals surface area contributed by atoms with E-state index in [1.165, 1.54) is 0 Å². The second-order valence-electron chi connectivity index (χ2n) is 3.57. The molecular weight excluding hydrogens is 210 g/mol. The fourth-order valence-electron chi connectivity index (χ4n) is 1.47. The molecule has 1 rings (SSSR count). The summed E-state index contributed by atoms with van der Waals surface area (Å²) in [5.41, 5.74) is -0.229. The minimum absolute atomic E-state index is 0. The first kappa shape index (κ1) is 12.9. The van der Waals surface area contributed by atoms with Gasteiger partial charge in [0.05, 0.1) is 11.5 Å². The number of hydrogen-bond donors (Lipinski definition) is 1. The molecule has 13 heavy (non-hydrogen) atoms. The van der Waals surface area contributed by atoms with Gasteiger partial charge in [0, 0.05) is 12.1 Å². The third-order valence-electron chi connectivity index (χ3n) is 2.18. The zero-order chi connectivity index (χ0) is 9.24.